The van der Waals surface area contributed by atoms with Gasteiger partial charge in [-0.2, -0.15) is 0 Å². The zero-order valence-corrected chi connectivity index (χ0v) is 13.3. The second kappa shape index (κ2) is 6.13. The smallest absolute Gasteiger partial charge is 0.119 e. The van der Waals surface area contributed by atoms with E-state index in [4.69, 9.17) is 0 Å². The van der Waals surface area contributed by atoms with E-state index in [1.807, 2.05) is 12.1 Å². The molecule has 0 saturated heterocycles. The van der Waals surface area contributed by atoms with Crippen LogP contribution in [0.1, 0.15) is 48.3 Å². The molecule has 2 unspecified atom stereocenters. The van der Waals surface area contributed by atoms with Gasteiger partial charge in [0.15, 0.2) is 0 Å². The average Bonchev–Trinajstić information content (AvgIpc) is 2.47. The van der Waals surface area contributed by atoms with Crippen molar-refractivity contribution in [2.24, 2.45) is 0 Å². The molecule has 0 radical (unpaired) electrons. The van der Waals surface area contributed by atoms with Crippen LogP contribution in [0.25, 0.3) is 11.1 Å². The Labute approximate surface area is 132 Å². The maximum Gasteiger partial charge on any atom is 0.119 e. The van der Waals surface area contributed by atoms with Crippen molar-refractivity contribution in [2.75, 3.05) is 0 Å². The van der Waals surface area contributed by atoms with Crippen LogP contribution in [0.4, 0.5) is 0 Å². The summed E-state index contributed by atoms with van der Waals surface area (Å²) < 4.78 is 0. The maximum atomic E-state index is 10.5. The van der Waals surface area contributed by atoms with E-state index in [2.05, 4.69) is 38.1 Å². The van der Waals surface area contributed by atoms with Gasteiger partial charge in [-0.25, -0.2) is 0 Å². The molecule has 0 bridgehead atoms. The van der Waals surface area contributed by atoms with E-state index in [9.17, 15) is 10.2 Å². The van der Waals surface area contributed by atoms with Gasteiger partial charge in [0.25, 0.3) is 0 Å². The number of hydrogen-bond acceptors (Lipinski definition) is 2. The summed E-state index contributed by atoms with van der Waals surface area (Å²) in [5, 5.41) is 20.3. The Kier molecular flexibility index (Phi) is 4.21. The summed E-state index contributed by atoms with van der Waals surface area (Å²) in [4.78, 5) is 0. The molecule has 2 aromatic carbocycles. The minimum Gasteiger partial charge on any atom is -0.508 e. The lowest BCUT2D eigenvalue weighted by Crippen LogP contribution is -2.18. The Bertz CT molecular complexity index is 675. The fraction of sp³-hybridized carbons (Fsp3) is 0.400. The van der Waals surface area contributed by atoms with Gasteiger partial charge in [-0.05, 0) is 67.3 Å². The van der Waals surface area contributed by atoms with Crippen molar-refractivity contribution in [1.29, 1.82) is 0 Å². The Hall–Kier alpha value is -1.80. The molecule has 2 N–H and O–H groups in total. The molecule has 2 atom stereocenters. The molecule has 2 heteroatoms. The van der Waals surface area contributed by atoms with Crippen molar-refractivity contribution in [3.05, 3.63) is 53.1 Å². The molecule has 0 spiro atoms. The number of aliphatic hydroxyl groups excluding tert-OH is 1. The Morgan fingerprint density at radius 1 is 1.00 bits per heavy atom. The predicted octanol–water partition coefficient (Wildman–Crippen LogP) is 4.69. The third-order valence-corrected chi connectivity index (χ3v) is 4.81. The van der Waals surface area contributed by atoms with Crippen molar-refractivity contribution >= 4 is 0 Å². The van der Waals surface area contributed by atoms with Gasteiger partial charge in [0.1, 0.15) is 5.75 Å². The van der Waals surface area contributed by atoms with Gasteiger partial charge >= 0.3 is 0 Å². The van der Waals surface area contributed by atoms with E-state index in [-0.39, 0.29) is 12.0 Å². The molecular weight excluding hydrogens is 272 g/mol. The first-order valence-electron chi connectivity index (χ1n) is 8.13. The van der Waals surface area contributed by atoms with E-state index < -0.39 is 0 Å². The Balaban J connectivity index is 1.92. The van der Waals surface area contributed by atoms with Crippen molar-refractivity contribution in [3.8, 4) is 16.9 Å². The van der Waals surface area contributed by atoms with Gasteiger partial charge < -0.3 is 10.2 Å². The highest BCUT2D eigenvalue weighted by Gasteiger charge is 2.23. The lowest BCUT2D eigenvalue weighted by atomic mass is 9.81. The number of benzene rings is 2. The van der Waals surface area contributed by atoms with Crippen molar-refractivity contribution in [1.82, 2.24) is 0 Å². The lowest BCUT2D eigenvalue weighted by Gasteiger charge is -2.26. The highest BCUT2D eigenvalue weighted by molar-refractivity contribution is 5.69. The predicted molar refractivity (Wildman–Crippen MR) is 90.2 cm³/mol. The van der Waals surface area contributed by atoms with Crippen LogP contribution in [-0.2, 0) is 0 Å². The number of phenolic OH excluding ortho intramolecular Hbond substituents is 1. The second-order valence-corrected chi connectivity index (χ2v) is 6.61. The fourth-order valence-corrected chi connectivity index (χ4v) is 3.64. The summed E-state index contributed by atoms with van der Waals surface area (Å²) in [6, 6.07) is 12.4. The molecule has 116 valence electrons. The van der Waals surface area contributed by atoms with Crippen LogP contribution in [0, 0.1) is 13.8 Å². The normalized spacial score (nSPS) is 21.8. The molecule has 3 rings (SSSR count). The van der Waals surface area contributed by atoms with Crippen molar-refractivity contribution in [2.45, 2.75) is 51.6 Å². The zero-order chi connectivity index (χ0) is 15.7. The molecule has 1 aliphatic rings. The molecule has 0 heterocycles. The number of rotatable bonds is 2. The molecule has 1 fully saturated rings. The second-order valence-electron chi connectivity index (χ2n) is 6.61. The van der Waals surface area contributed by atoms with Crippen LogP contribution in [0.3, 0.4) is 0 Å². The molecule has 2 nitrogen and oxygen atoms in total. The third-order valence-electron chi connectivity index (χ3n) is 4.81. The molecule has 1 aliphatic carbocycles. The number of phenols is 1. The standard InChI is InChI=1S/C20H24O2/c1-13-6-8-18(14(2)10-13)16-7-9-19(20(22)12-16)15-4-3-5-17(21)11-15/h6-10,12,15,17,21-22H,3-5,11H2,1-2H3. The van der Waals surface area contributed by atoms with Crippen LogP contribution in [0.2, 0.25) is 0 Å². The Morgan fingerprint density at radius 2 is 1.82 bits per heavy atom. The SMILES string of the molecule is Cc1ccc(-c2ccc(C3CCCC(O)C3)c(O)c2)c(C)c1. The molecule has 0 amide bonds. The summed E-state index contributed by atoms with van der Waals surface area (Å²) in [5.74, 6) is 0.633. The highest BCUT2D eigenvalue weighted by atomic mass is 16.3. The van der Waals surface area contributed by atoms with E-state index in [1.54, 1.807) is 0 Å². The molecule has 2 aromatic rings. The minimum absolute atomic E-state index is 0.225. The molecule has 22 heavy (non-hydrogen) atoms. The van der Waals surface area contributed by atoms with Crippen LogP contribution in [0.5, 0.6) is 5.75 Å². The van der Waals surface area contributed by atoms with E-state index >= 15 is 0 Å². The molecule has 0 aromatic heterocycles. The van der Waals surface area contributed by atoms with Crippen molar-refractivity contribution < 1.29 is 10.2 Å². The number of aromatic hydroxyl groups is 1. The number of aryl methyl sites for hydroxylation is 2. The molecule has 1 saturated carbocycles. The zero-order valence-electron chi connectivity index (χ0n) is 13.3. The van der Waals surface area contributed by atoms with Gasteiger partial charge in [0.2, 0.25) is 0 Å². The van der Waals surface area contributed by atoms with Crippen molar-refractivity contribution in [3.63, 3.8) is 0 Å². The largest absolute Gasteiger partial charge is 0.508 e. The van der Waals surface area contributed by atoms with Crippen LogP contribution >= 0.6 is 0 Å². The molecular formula is C20H24O2. The van der Waals surface area contributed by atoms with Gasteiger partial charge in [-0.15, -0.1) is 0 Å². The Morgan fingerprint density at radius 3 is 2.50 bits per heavy atom. The first-order valence-corrected chi connectivity index (χ1v) is 8.13. The number of aliphatic hydroxyl groups is 1. The van der Waals surface area contributed by atoms with Gasteiger partial charge in [-0.1, -0.05) is 42.3 Å². The van der Waals surface area contributed by atoms with E-state index in [1.165, 1.54) is 11.1 Å². The van der Waals surface area contributed by atoms with Gasteiger partial charge in [0, 0.05) is 0 Å². The lowest BCUT2D eigenvalue weighted by molar-refractivity contribution is 0.119. The fourth-order valence-electron chi connectivity index (χ4n) is 3.64. The quantitative estimate of drug-likeness (QED) is 0.843. The first-order chi connectivity index (χ1) is 10.5. The van der Waals surface area contributed by atoms with Gasteiger partial charge in [-0.3, -0.25) is 0 Å². The van der Waals surface area contributed by atoms with E-state index in [0.29, 0.717) is 5.75 Å². The summed E-state index contributed by atoms with van der Waals surface area (Å²) in [5.41, 5.74) is 5.66. The summed E-state index contributed by atoms with van der Waals surface area (Å²) in [7, 11) is 0. The topological polar surface area (TPSA) is 40.5 Å². The maximum absolute atomic E-state index is 10.5. The monoisotopic (exact) mass is 296 g/mol. The highest BCUT2D eigenvalue weighted by Crippen LogP contribution is 2.39. The van der Waals surface area contributed by atoms with Crippen LogP contribution in [-0.4, -0.2) is 16.3 Å². The first kappa shape index (κ1) is 15.1. The molecule has 0 aliphatic heterocycles. The van der Waals surface area contributed by atoms with E-state index in [0.717, 1.165) is 42.4 Å². The number of hydrogen-bond donors (Lipinski definition) is 2. The summed E-state index contributed by atoms with van der Waals surface area (Å²) >= 11 is 0. The van der Waals surface area contributed by atoms with Crippen LogP contribution in [0.15, 0.2) is 36.4 Å². The van der Waals surface area contributed by atoms with Crippen LogP contribution < -0.4 is 0 Å². The minimum atomic E-state index is -0.225. The average molecular weight is 296 g/mol. The summed E-state index contributed by atoms with van der Waals surface area (Å²) in [6.45, 7) is 4.19. The third kappa shape index (κ3) is 3.02. The summed E-state index contributed by atoms with van der Waals surface area (Å²) in [6.07, 6.45) is 3.50. The van der Waals surface area contributed by atoms with Gasteiger partial charge in [0.05, 0.1) is 6.10 Å².